The quantitative estimate of drug-likeness (QED) is 0.892. The van der Waals surface area contributed by atoms with Gasteiger partial charge in [0, 0.05) is 19.0 Å². The summed E-state index contributed by atoms with van der Waals surface area (Å²) in [6, 6.07) is 0. The highest BCUT2D eigenvalue weighted by Gasteiger charge is 2.35. The van der Waals surface area contributed by atoms with Crippen LogP contribution in [0.4, 0.5) is 16.2 Å². The number of nitrogens with two attached hydrogens (primary N) is 1. The molecule has 1 aliphatic heterocycles. The molecule has 2 heterocycles. The van der Waals surface area contributed by atoms with Gasteiger partial charge in [-0.25, -0.2) is 4.79 Å². The normalized spacial score (nSPS) is 16.5. The fourth-order valence-electron chi connectivity index (χ4n) is 2.86. The molecule has 0 saturated carbocycles. The van der Waals surface area contributed by atoms with Crippen LogP contribution in [0.1, 0.15) is 39.3 Å². The van der Waals surface area contributed by atoms with Crippen LogP contribution in [0.3, 0.4) is 0 Å². The summed E-state index contributed by atoms with van der Waals surface area (Å²) in [6.45, 7) is 8.21. The maximum Gasteiger partial charge on any atom is 0.410 e. The average molecular weight is 306 g/mol. The van der Waals surface area contributed by atoms with E-state index < -0.39 is 6.09 Å². The first-order valence-electron chi connectivity index (χ1n) is 7.24. The van der Waals surface area contributed by atoms with Crippen LogP contribution in [0.5, 0.6) is 5.75 Å². The average Bonchev–Trinajstić information content (AvgIpc) is 2.73. The number of carbonyl (C=O) groups excluding carboxylic acids is 2. The van der Waals surface area contributed by atoms with Crippen LogP contribution < -0.4 is 20.7 Å². The fourth-order valence-corrected chi connectivity index (χ4v) is 2.86. The van der Waals surface area contributed by atoms with Gasteiger partial charge in [-0.1, -0.05) is 0 Å². The Hall–Kier alpha value is -2.31. The molecule has 1 saturated heterocycles. The molecular weight excluding hydrogens is 284 g/mol. The van der Waals surface area contributed by atoms with Crippen LogP contribution in [0.25, 0.3) is 0 Å². The molecule has 120 valence electrons. The van der Waals surface area contributed by atoms with Gasteiger partial charge >= 0.3 is 6.09 Å². The van der Waals surface area contributed by atoms with Crippen molar-refractivity contribution in [1.29, 1.82) is 0 Å². The number of aromatic nitrogens is 1. The molecule has 0 atom stereocenters. The number of hydrogen-bond donors (Lipinski definition) is 2. The van der Waals surface area contributed by atoms with Crippen molar-refractivity contribution in [3.05, 3.63) is 11.9 Å². The number of primary amides is 1. The number of hydrogen-bond acceptors (Lipinski definition) is 5. The molecule has 1 aliphatic rings. The third kappa shape index (κ3) is 3.13. The van der Waals surface area contributed by atoms with E-state index in [2.05, 4.69) is 29.0 Å². The minimum atomic E-state index is -0.936. The van der Waals surface area contributed by atoms with Gasteiger partial charge in [-0.05, 0) is 33.6 Å². The second kappa shape index (κ2) is 5.82. The van der Waals surface area contributed by atoms with E-state index in [-0.39, 0.29) is 17.2 Å². The topological polar surface area (TPSA) is 97.6 Å². The number of nitrogens with zero attached hydrogens (tertiary/aromatic N) is 2. The molecule has 2 amide bonds. The zero-order valence-electron chi connectivity index (χ0n) is 13.4. The molecule has 0 bridgehead atoms. The first kappa shape index (κ1) is 16.1. The smallest absolute Gasteiger partial charge is 0.406 e. The zero-order chi connectivity index (χ0) is 16.5. The summed E-state index contributed by atoms with van der Waals surface area (Å²) in [7, 11) is 0. The Morgan fingerprint density at radius 2 is 2.14 bits per heavy atom. The van der Waals surface area contributed by atoms with Crippen molar-refractivity contribution in [2.24, 2.45) is 5.73 Å². The number of carbonyl (C=O) groups is 2. The van der Waals surface area contributed by atoms with E-state index in [1.165, 1.54) is 6.92 Å². The van der Waals surface area contributed by atoms with Gasteiger partial charge in [0.05, 0.1) is 17.6 Å². The molecule has 1 aromatic heterocycles. The van der Waals surface area contributed by atoms with Gasteiger partial charge in [-0.15, -0.1) is 0 Å². The van der Waals surface area contributed by atoms with Gasteiger partial charge in [-0.2, -0.15) is 0 Å². The van der Waals surface area contributed by atoms with E-state index in [9.17, 15) is 9.59 Å². The Morgan fingerprint density at radius 3 is 2.64 bits per heavy atom. The zero-order valence-corrected chi connectivity index (χ0v) is 13.4. The van der Waals surface area contributed by atoms with E-state index in [4.69, 9.17) is 10.5 Å². The standard InChI is InChI=1S/C15H22N4O3/c1-9-13(22-14(16)21)12(18-10(2)20)11(8-17-9)19-7-5-6-15(19,3)4/h8H,5-7H2,1-4H3,(H2,16,21)(H,17,18,20). The van der Waals surface area contributed by atoms with E-state index in [1.807, 2.05) is 0 Å². The van der Waals surface area contributed by atoms with Crippen LogP contribution in [0.15, 0.2) is 6.20 Å². The van der Waals surface area contributed by atoms with Crippen molar-refractivity contribution in [1.82, 2.24) is 4.98 Å². The van der Waals surface area contributed by atoms with Gasteiger partial charge in [0.25, 0.3) is 0 Å². The van der Waals surface area contributed by atoms with Crippen molar-refractivity contribution in [2.75, 3.05) is 16.8 Å². The first-order valence-corrected chi connectivity index (χ1v) is 7.24. The van der Waals surface area contributed by atoms with E-state index in [0.717, 1.165) is 25.1 Å². The molecule has 7 nitrogen and oxygen atoms in total. The third-order valence-corrected chi connectivity index (χ3v) is 3.89. The van der Waals surface area contributed by atoms with Crippen molar-refractivity contribution < 1.29 is 14.3 Å². The second-order valence-electron chi connectivity index (χ2n) is 6.10. The van der Waals surface area contributed by atoms with Crippen molar-refractivity contribution in [2.45, 2.75) is 46.1 Å². The minimum absolute atomic E-state index is 0.0614. The molecular formula is C15H22N4O3. The number of nitrogens with one attached hydrogen (secondary N) is 1. The molecule has 7 heteroatoms. The summed E-state index contributed by atoms with van der Waals surface area (Å²) in [4.78, 5) is 29.2. The van der Waals surface area contributed by atoms with Gasteiger partial charge in [-0.3, -0.25) is 9.78 Å². The lowest BCUT2D eigenvalue weighted by Crippen LogP contribution is -2.39. The SMILES string of the molecule is CC(=O)Nc1c(N2CCCC2(C)C)cnc(C)c1OC(N)=O. The number of rotatable bonds is 3. The monoisotopic (exact) mass is 306 g/mol. The number of ether oxygens (including phenoxy) is 1. The van der Waals surface area contributed by atoms with Crippen LogP contribution in [0, 0.1) is 6.92 Å². The Kier molecular flexibility index (Phi) is 4.25. The van der Waals surface area contributed by atoms with Crippen molar-refractivity contribution in [3.8, 4) is 5.75 Å². The summed E-state index contributed by atoms with van der Waals surface area (Å²) in [6.07, 6.45) is 2.84. The third-order valence-electron chi connectivity index (χ3n) is 3.89. The molecule has 0 aromatic carbocycles. The van der Waals surface area contributed by atoms with Gasteiger partial charge in [0.2, 0.25) is 5.91 Å². The molecule has 22 heavy (non-hydrogen) atoms. The molecule has 0 radical (unpaired) electrons. The highest BCUT2D eigenvalue weighted by atomic mass is 16.5. The summed E-state index contributed by atoms with van der Waals surface area (Å²) in [5.74, 6) is -0.0546. The number of pyridine rings is 1. The predicted octanol–water partition coefficient (Wildman–Crippen LogP) is 2.18. The van der Waals surface area contributed by atoms with Crippen molar-refractivity contribution in [3.63, 3.8) is 0 Å². The Bertz CT molecular complexity index is 613. The second-order valence-corrected chi connectivity index (χ2v) is 6.10. The van der Waals surface area contributed by atoms with Crippen LogP contribution in [-0.2, 0) is 4.79 Å². The molecule has 1 aromatic rings. The van der Waals surface area contributed by atoms with Crippen LogP contribution in [-0.4, -0.2) is 29.1 Å². The predicted molar refractivity (Wildman–Crippen MR) is 84.1 cm³/mol. The molecule has 0 aliphatic carbocycles. The minimum Gasteiger partial charge on any atom is -0.406 e. The number of aryl methyl sites for hydroxylation is 1. The van der Waals surface area contributed by atoms with E-state index in [0.29, 0.717) is 11.4 Å². The van der Waals surface area contributed by atoms with Crippen LogP contribution >= 0.6 is 0 Å². The van der Waals surface area contributed by atoms with Crippen LogP contribution in [0.2, 0.25) is 0 Å². The molecule has 0 unspecified atom stereocenters. The summed E-state index contributed by atoms with van der Waals surface area (Å²) < 4.78 is 5.08. The molecule has 0 spiro atoms. The van der Waals surface area contributed by atoms with E-state index in [1.54, 1.807) is 13.1 Å². The number of anilines is 2. The molecule has 3 N–H and O–H groups in total. The fraction of sp³-hybridized carbons (Fsp3) is 0.533. The first-order chi connectivity index (χ1) is 10.2. The highest BCUT2D eigenvalue weighted by Crippen LogP contribution is 2.42. The Morgan fingerprint density at radius 1 is 1.45 bits per heavy atom. The number of amides is 2. The Balaban J connectivity index is 2.57. The molecule has 1 fully saturated rings. The van der Waals surface area contributed by atoms with Gasteiger partial charge in [0.1, 0.15) is 5.69 Å². The molecule has 2 rings (SSSR count). The Labute approximate surface area is 129 Å². The largest absolute Gasteiger partial charge is 0.410 e. The lowest BCUT2D eigenvalue weighted by Gasteiger charge is -2.35. The van der Waals surface area contributed by atoms with Gasteiger partial charge in [0.15, 0.2) is 5.75 Å². The lowest BCUT2D eigenvalue weighted by molar-refractivity contribution is -0.114. The highest BCUT2D eigenvalue weighted by molar-refractivity contribution is 5.96. The van der Waals surface area contributed by atoms with Gasteiger partial charge < -0.3 is 20.7 Å². The summed E-state index contributed by atoms with van der Waals surface area (Å²) in [5, 5.41) is 2.75. The van der Waals surface area contributed by atoms with Crippen molar-refractivity contribution >= 4 is 23.4 Å². The maximum absolute atomic E-state index is 11.6. The summed E-state index contributed by atoms with van der Waals surface area (Å²) in [5.41, 5.74) is 6.74. The maximum atomic E-state index is 11.6. The van der Waals surface area contributed by atoms with E-state index >= 15 is 0 Å². The summed E-state index contributed by atoms with van der Waals surface area (Å²) >= 11 is 0. The lowest BCUT2D eigenvalue weighted by atomic mass is 10.0.